The number of carbonyl (C=O) groups is 1. The first-order valence-corrected chi connectivity index (χ1v) is 6.46. The highest BCUT2D eigenvalue weighted by Crippen LogP contribution is 2.13. The van der Waals surface area contributed by atoms with Gasteiger partial charge < -0.3 is 10.6 Å². The van der Waals surface area contributed by atoms with E-state index in [0.717, 1.165) is 5.56 Å². The third-order valence-corrected chi connectivity index (χ3v) is 2.84. The van der Waals surface area contributed by atoms with E-state index in [2.05, 4.69) is 10.1 Å². The Morgan fingerprint density at radius 2 is 2.20 bits per heavy atom. The summed E-state index contributed by atoms with van der Waals surface area (Å²) in [4.78, 5) is 17.7. The average Bonchev–Trinajstić information content (AvgIpc) is 2.87. The number of amides is 1. The van der Waals surface area contributed by atoms with Gasteiger partial charge in [-0.1, -0.05) is 6.07 Å². The quantitative estimate of drug-likeness (QED) is 0.896. The van der Waals surface area contributed by atoms with Crippen molar-refractivity contribution in [1.82, 2.24) is 19.7 Å². The predicted octanol–water partition coefficient (Wildman–Crippen LogP) is 0.859. The van der Waals surface area contributed by atoms with Crippen LogP contribution in [0.25, 0.3) is 5.82 Å². The zero-order valence-corrected chi connectivity index (χ0v) is 11.9. The minimum atomic E-state index is -0.131. The standard InChI is InChI=1S/C14H19N5O/c1-10(15)9-11-5-4-7-16-13(11)19-8-6-12(17-19)14(20)18(2)3/h4-8,10H,9,15H2,1-3H3. The zero-order chi connectivity index (χ0) is 14.7. The van der Waals surface area contributed by atoms with Gasteiger partial charge in [0.15, 0.2) is 11.5 Å². The molecular weight excluding hydrogens is 254 g/mol. The molecule has 6 nitrogen and oxygen atoms in total. The third-order valence-electron chi connectivity index (χ3n) is 2.84. The molecule has 1 unspecified atom stereocenters. The van der Waals surface area contributed by atoms with Gasteiger partial charge in [0.1, 0.15) is 0 Å². The van der Waals surface area contributed by atoms with Crippen LogP contribution in [0.4, 0.5) is 0 Å². The van der Waals surface area contributed by atoms with Crippen molar-refractivity contribution in [2.75, 3.05) is 14.1 Å². The zero-order valence-electron chi connectivity index (χ0n) is 11.9. The van der Waals surface area contributed by atoms with Crippen LogP contribution in [0.1, 0.15) is 23.0 Å². The molecule has 1 amide bonds. The van der Waals surface area contributed by atoms with Gasteiger partial charge in [-0.2, -0.15) is 5.10 Å². The molecule has 2 aromatic heterocycles. The van der Waals surface area contributed by atoms with Gasteiger partial charge in [0.2, 0.25) is 0 Å². The highest BCUT2D eigenvalue weighted by Gasteiger charge is 2.14. The Hall–Kier alpha value is -2.21. The lowest BCUT2D eigenvalue weighted by Crippen LogP contribution is -2.22. The Morgan fingerprint density at radius 1 is 1.45 bits per heavy atom. The van der Waals surface area contributed by atoms with E-state index in [0.29, 0.717) is 17.9 Å². The minimum absolute atomic E-state index is 0.0383. The lowest BCUT2D eigenvalue weighted by molar-refractivity contribution is 0.0821. The second-order valence-electron chi connectivity index (χ2n) is 5.01. The van der Waals surface area contributed by atoms with E-state index in [1.807, 2.05) is 19.1 Å². The molecule has 0 bridgehead atoms. The molecule has 20 heavy (non-hydrogen) atoms. The molecule has 0 spiro atoms. The molecule has 0 aliphatic heterocycles. The van der Waals surface area contributed by atoms with Crippen LogP contribution in [-0.2, 0) is 6.42 Å². The molecule has 2 heterocycles. The summed E-state index contributed by atoms with van der Waals surface area (Å²) in [7, 11) is 3.40. The van der Waals surface area contributed by atoms with Crippen molar-refractivity contribution in [1.29, 1.82) is 0 Å². The summed E-state index contributed by atoms with van der Waals surface area (Å²) < 4.78 is 1.62. The van der Waals surface area contributed by atoms with Crippen molar-refractivity contribution in [3.05, 3.63) is 41.9 Å². The number of hydrogen-bond donors (Lipinski definition) is 1. The average molecular weight is 273 g/mol. The molecular formula is C14H19N5O. The van der Waals surface area contributed by atoms with Crippen molar-refractivity contribution in [3.63, 3.8) is 0 Å². The van der Waals surface area contributed by atoms with E-state index < -0.39 is 0 Å². The lowest BCUT2D eigenvalue weighted by atomic mass is 10.1. The number of nitrogens with zero attached hydrogens (tertiary/aromatic N) is 4. The van der Waals surface area contributed by atoms with Crippen LogP contribution in [-0.4, -0.2) is 45.7 Å². The summed E-state index contributed by atoms with van der Waals surface area (Å²) >= 11 is 0. The molecule has 6 heteroatoms. The number of pyridine rings is 1. The van der Waals surface area contributed by atoms with Gasteiger partial charge in [0, 0.05) is 32.5 Å². The van der Waals surface area contributed by atoms with Crippen molar-refractivity contribution < 1.29 is 4.79 Å². The van der Waals surface area contributed by atoms with Crippen LogP contribution < -0.4 is 5.73 Å². The molecule has 2 aromatic rings. The van der Waals surface area contributed by atoms with E-state index in [1.54, 1.807) is 37.2 Å². The summed E-state index contributed by atoms with van der Waals surface area (Å²) in [6, 6.07) is 5.57. The van der Waals surface area contributed by atoms with Gasteiger partial charge in [-0.15, -0.1) is 0 Å². The van der Waals surface area contributed by atoms with Crippen molar-refractivity contribution in [2.24, 2.45) is 5.73 Å². The lowest BCUT2D eigenvalue weighted by Gasteiger charge is -2.10. The smallest absolute Gasteiger partial charge is 0.273 e. The van der Waals surface area contributed by atoms with Crippen LogP contribution in [0.2, 0.25) is 0 Å². The van der Waals surface area contributed by atoms with E-state index in [4.69, 9.17) is 5.73 Å². The first-order valence-electron chi connectivity index (χ1n) is 6.46. The van der Waals surface area contributed by atoms with Gasteiger partial charge in [-0.3, -0.25) is 4.79 Å². The minimum Gasteiger partial charge on any atom is -0.343 e. The predicted molar refractivity (Wildman–Crippen MR) is 76.7 cm³/mol. The van der Waals surface area contributed by atoms with Gasteiger partial charge in [0.25, 0.3) is 5.91 Å². The topological polar surface area (TPSA) is 77.0 Å². The van der Waals surface area contributed by atoms with E-state index in [1.165, 1.54) is 4.90 Å². The molecule has 0 saturated heterocycles. The maximum absolute atomic E-state index is 11.9. The van der Waals surface area contributed by atoms with Crippen molar-refractivity contribution >= 4 is 5.91 Å². The maximum atomic E-state index is 11.9. The Bertz CT molecular complexity index is 603. The Kier molecular flexibility index (Phi) is 4.14. The molecule has 0 aliphatic rings. The molecule has 0 saturated carbocycles. The SMILES string of the molecule is CC(N)Cc1cccnc1-n1ccc(C(=O)N(C)C)n1. The second kappa shape index (κ2) is 5.83. The van der Waals surface area contributed by atoms with Gasteiger partial charge >= 0.3 is 0 Å². The fourth-order valence-electron chi connectivity index (χ4n) is 1.93. The first-order chi connectivity index (χ1) is 9.49. The third kappa shape index (κ3) is 3.03. The highest BCUT2D eigenvalue weighted by molar-refractivity contribution is 5.91. The van der Waals surface area contributed by atoms with Crippen LogP contribution in [0.5, 0.6) is 0 Å². The van der Waals surface area contributed by atoms with Gasteiger partial charge in [0.05, 0.1) is 0 Å². The molecule has 106 valence electrons. The summed E-state index contributed by atoms with van der Waals surface area (Å²) in [5.74, 6) is 0.580. The molecule has 0 radical (unpaired) electrons. The summed E-state index contributed by atoms with van der Waals surface area (Å²) in [5.41, 5.74) is 7.25. The Morgan fingerprint density at radius 3 is 2.85 bits per heavy atom. The Balaban J connectivity index is 2.35. The highest BCUT2D eigenvalue weighted by atomic mass is 16.2. The second-order valence-corrected chi connectivity index (χ2v) is 5.01. The summed E-state index contributed by atoms with van der Waals surface area (Å²) in [6.45, 7) is 1.95. The maximum Gasteiger partial charge on any atom is 0.273 e. The molecule has 0 aromatic carbocycles. The van der Waals surface area contributed by atoms with E-state index in [9.17, 15) is 4.79 Å². The molecule has 1 atom stereocenters. The Labute approximate surface area is 118 Å². The van der Waals surface area contributed by atoms with E-state index >= 15 is 0 Å². The number of carbonyl (C=O) groups excluding carboxylic acids is 1. The number of hydrogen-bond acceptors (Lipinski definition) is 4. The molecule has 2 N–H and O–H groups in total. The monoisotopic (exact) mass is 273 g/mol. The van der Waals surface area contributed by atoms with Gasteiger partial charge in [-0.05, 0) is 31.0 Å². The van der Waals surface area contributed by atoms with Crippen LogP contribution in [0.15, 0.2) is 30.6 Å². The van der Waals surface area contributed by atoms with E-state index in [-0.39, 0.29) is 11.9 Å². The van der Waals surface area contributed by atoms with Crippen LogP contribution in [0.3, 0.4) is 0 Å². The van der Waals surface area contributed by atoms with Gasteiger partial charge in [-0.25, -0.2) is 9.67 Å². The number of rotatable bonds is 4. The number of aromatic nitrogens is 3. The van der Waals surface area contributed by atoms with Crippen LogP contribution >= 0.6 is 0 Å². The largest absolute Gasteiger partial charge is 0.343 e. The van der Waals surface area contributed by atoms with Crippen molar-refractivity contribution in [2.45, 2.75) is 19.4 Å². The number of nitrogens with two attached hydrogens (primary N) is 1. The molecule has 0 fully saturated rings. The normalized spacial score (nSPS) is 12.2. The first kappa shape index (κ1) is 14.2. The summed E-state index contributed by atoms with van der Waals surface area (Å²) in [6.07, 6.45) is 4.15. The van der Waals surface area contributed by atoms with Crippen LogP contribution in [0, 0.1) is 0 Å². The molecule has 0 aliphatic carbocycles. The molecule has 2 rings (SSSR count). The van der Waals surface area contributed by atoms with Crippen molar-refractivity contribution in [3.8, 4) is 5.82 Å². The fraction of sp³-hybridized carbons (Fsp3) is 0.357. The fourth-order valence-corrected chi connectivity index (χ4v) is 1.93. The summed E-state index contributed by atoms with van der Waals surface area (Å²) in [5, 5.41) is 4.29.